The standard InChI is InChI=1S/C26H24ClF4N3O4/c1-25(10-34(11-25)20-7-6-17(27)22(32-20)26(29,30)31)12-38-19-9-18(28)16(8-15(19)13-2-3-13)23(36)33-24(37)21(35)14-4-5-14/h6-9,13-14H,2-5,10-12H2,1H3,(H,33,36,37). The Kier molecular flexibility index (Phi) is 6.61. The van der Waals surface area contributed by atoms with Gasteiger partial charge in [0.15, 0.2) is 5.69 Å². The van der Waals surface area contributed by atoms with Crippen molar-refractivity contribution in [2.24, 2.45) is 11.3 Å². The normalized spacial score (nSPS) is 18.5. The van der Waals surface area contributed by atoms with Crippen LogP contribution in [0.2, 0.25) is 5.02 Å². The Labute approximate surface area is 220 Å². The van der Waals surface area contributed by atoms with E-state index in [1.54, 1.807) is 4.90 Å². The van der Waals surface area contributed by atoms with Gasteiger partial charge in [-0.05, 0) is 55.4 Å². The lowest BCUT2D eigenvalue weighted by Crippen LogP contribution is -2.58. The third-order valence-corrected chi connectivity index (χ3v) is 7.21. The van der Waals surface area contributed by atoms with Gasteiger partial charge in [0.05, 0.1) is 17.2 Å². The molecule has 2 saturated carbocycles. The van der Waals surface area contributed by atoms with Gasteiger partial charge in [-0.3, -0.25) is 19.7 Å². The minimum atomic E-state index is -4.67. The maximum absolute atomic E-state index is 14.9. The molecule has 2 amide bonds. The van der Waals surface area contributed by atoms with Crippen LogP contribution in [0.25, 0.3) is 0 Å². The SMILES string of the molecule is CC1(COc2cc(F)c(C(=O)NC(=O)C(=O)C3CC3)cc2C2CC2)CN(c2ccc(Cl)c(C(F)(F)F)n2)C1. The molecule has 0 radical (unpaired) electrons. The summed E-state index contributed by atoms with van der Waals surface area (Å²) >= 11 is 5.65. The first-order chi connectivity index (χ1) is 17.8. The quantitative estimate of drug-likeness (QED) is 0.369. The molecule has 0 atom stereocenters. The topological polar surface area (TPSA) is 88.6 Å². The van der Waals surface area contributed by atoms with Gasteiger partial charge in [-0.15, -0.1) is 0 Å². The van der Waals surface area contributed by atoms with E-state index in [1.165, 1.54) is 12.1 Å². The van der Waals surface area contributed by atoms with Crippen molar-refractivity contribution in [2.45, 2.75) is 44.7 Å². The molecule has 2 aromatic rings. The van der Waals surface area contributed by atoms with E-state index in [4.69, 9.17) is 16.3 Å². The van der Waals surface area contributed by atoms with E-state index in [0.717, 1.165) is 25.0 Å². The summed E-state index contributed by atoms with van der Waals surface area (Å²) in [5.41, 5.74) is -1.30. The number of carbonyl (C=O) groups excluding carboxylic acids is 3. The number of imide groups is 1. The molecule has 1 aromatic carbocycles. The van der Waals surface area contributed by atoms with Crippen LogP contribution in [0, 0.1) is 17.2 Å². The molecular formula is C26H24ClF4N3O4. The van der Waals surface area contributed by atoms with Gasteiger partial charge in [0, 0.05) is 30.5 Å². The third-order valence-electron chi connectivity index (χ3n) is 6.91. The Hall–Kier alpha value is -3.21. The number of amides is 2. The molecule has 202 valence electrons. The number of aromatic nitrogens is 1. The Bertz CT molecular complexity index is 1320. The number of benzene rings is 1. The van der Waals surface area contributed by atoms with Crippen LogP contribution in [-0.4, -0.2) is 42.3 Å². The number of hydrogen-bond donors (Lipinski definition) is 1. The van der Waals surface area contributed by atoms with E-state index in [9.17, 15) is 31.9 Å². The number of Topliss-reactive ketones (excluding diaryl/α,β-unsaturated/α-hetero) is 1. The zero-order valence-electron chi connectivity index (χ0n) is 20.3. The van der Waals surface area contributed by atoms with Crippen LogP contribution < -0.4 is 15.0 Å². The molecule has 2 heterocycles. The van der Waals surface area contributed by atoms with Crippen molar-refractivity contribution >= 4 is 35.0 Å². The highest BCUT2D eigenvalue weighted by Crippen LogP contribution is 2.46. The van der Waals surface area contributed by atoms with Crippen molar-refractivity contribution in [3.05, 3.63) is 51.9 Å². The minimum absolute atomic E-state index is 0.0747. The van der Waals surface area contributed by atoms with Crippen molar-refractivity contribution in [2.75, 3.05) is 24.6 Å². The molecule has 1 aromatic heterocycles. The number of rotatable bonds is 8. The summed E-state index contributed by atoms with van der Waals surface area (Å²) in [4.78, 5) is 41.7. The predicted molar refractivity (Wildman–Crippen MR) is 129 cm³/mol. The van der Waals surface area contributed by atoms with Crippen molar-refractivity contribution in [3.8, 4) is 5.75 Å². The van der Waals surface area contributed by atoms with E-state index in [2.05, 4.69) is 4.98 Å². The monoisotopic (exact) mass is 553 g/mol. The Morgan fingerprint density at radius 1 is 1.16 bits per heavy atom. The maximum atomic E-state index is 14.9. The second kappa shape index (κ2) is 9.52. The third kappa shape index (κ3) is 5.48. The van der Waals surface area contributed by atoms with Crippen LogP contribution in [0.15, 0.2) is 24.3 Å². The van der Waals surface area contributed by atoms with Crippen LogP contribution in [-0.2, 0) is 15.8 Å². The zero-order chi connectivity index (χ0) is 27.4. The van der Waals surface area contributed by atoms with Gasteiger partial charge in [-0.2, -0.15) is 13.2 Å². The van der Waals surface area contributed by atoms with E-state index in [-0.39, 0.29) is 35.6 Å². The molecular weight excluding hydrogens is 530 g/mol. The largest absolute Gasteiger partial charge is 0.492 e. The molecule has 0 spiro atoms. The fourth-order valence-corrected chi connectivity index (χ4v) is 4.75. The van der Waals surface area contributed by atoms with Gasteiger partial charge in [0.1, 0.15) is 17.4 Å². The van der Waals surface area contributed by atoms with Crippen LogP contribution in [0.3, 0.4) is 0 Å². The van der Waals surface area contributed by atoms with Gasteiger partial charge >= 0.3 is 6.18 Å². The van der Waals surface area contributed by atoms with Crippen molar-refractivity contribution in [1.29, 1.82) is 0 Å². The molecule has 1 N–H and O–H groups in total. The maximum Gasteiger partial charge on any atom is 0.434 e. The molecule has 1 saturated heterocycles. The highest BCUT2D eigenvalue weighted by atomic mass is 35.5. The number of nitrogens with one attached hydrogen (secondary N) is 1. The summed E-state index contributed by atoms with van der Waals surface area (Å²) < 4.78 is 60.3. The lowest BCUT2D eigenvalue weighted by Gasteiger charge is -2.48. The highest BCUT2D eigenvalue weighted by Gasteiger charge is 2.43. The van der Waals surface area contributed by atoms with Crippen LogP contribution in [0.4, 0.5) is 23.4 Å². The molecule has 3 fully saturated rings. The average Bonchev–Trinajstić information content (AvgIpc) is 3.73. The van der Waals surface area contributed by atoms with Crippen molar-refractivity contribution in [3.63, 3.8) is 0 Å². The average molecular weight is 554 g/mol. The van der Waals surface area contributed by atoms with Crippen LogP contribution >= 0.6 is 11.6 Å². The summed E-state index contributed by atoms with van der Waals surface area (Å²) in [5, 5.41) is 1.50. The minimum Gasteiger partial charge on any atom is -0.492 e. The van der Waals surface area contributed by atoms with Crippen molar-refractivity contribution in [1.82, 2.24) is 10.3 Å². The Balaban J connectivity index is 1.25. The fourth-order valence-electron chi connectivity index (χ4n) is 4.53. The number of ketones is 1. The van der Waals surface area contributed by atoms with Gasteiger partial charge in [-0.25, -0.2) is 9.37 Å². The van der Waals surface area contributed by atoms with Crippen LogP contribution in [0.1, 0.15) is 60.1 Å². The number of hydrogen-bond acceptors (Lipinski definition) is 6. The Morgan fingerprint density at radius 3 is 2.45 bits per heavy atom. The van der Waals surface area contributed by atoms with Crippen molar-refractivity contribution < 1.29 is 36.7 Å². The number of carbonyl (C=O) groups is 3. The number of anilines is 1. The van der Waals surface area contributed by atoms with E-state index >= 15 is 0 Å². The predicted octanol–water partition coefficient (Wildman–Crippen LogP) is 4.91. The molecule has 0 unspecified atom stereocenters. The van der Waals surface area contributed by atoms with E-state index < -0.39 is 45.7 Å². The molecule has 38 heavy (non-hydrogen) atoms. The van der Waals surface area contributed by atoms with Gasteiger partial charge in [-0.1, -0.05) is 18.5 Å². The highest BCUT2D eigenvalue weighted by molar-refractivity contribution is 6.40. The van der Waals surface area contributed by atoms with Crippen LogP contribution in [0.5, 0.6) is 5.75 Å². The molecule has 2 aliphatic carbocycles. The summed E-state index contributed by atoms with van der Waals surface area (Å²) in [6.45, 7) is 2.76. The van der Waals surface area contributed by atoms with Gasteiger partial charge in [0.2, 0.25) is 5.78 Å². The smallest absolute Gasteiger partial charge is 0.434 e. The van der Waals surface area contributed by atoms with Gasteiger partial charge < -0.3 is 9.64 Å². The lowest BCUT2D eigenvalue weighted by molar-refractivity contribution is -0.141. The summed E-state index contributed by atoms with van der Waals surface area (Å²) in [6.07, 6.45) is -1.80. The first-order valence-corrected chi connectivity index (χ1v) is 12.6. The molecule has 0 bridgehead atoms. The number of halogens is 5. The summed E-state index contributed by atoms with van der Waals surface area (Å²) in [6, 6.07) is 5.05. The first kappa shape index (κ1) is 26.4. The summed E-state index contributed by atoms with van der Waals surface area (Å²) in [5.74, 6) is -3.46. The second-order valence-electron chi connectivity index (χ2n) is 10.5. The number of alkyl halides is 3. The zero-order valence-corrected chi connectivity index (χ0v) is 21.1. The number of nitrogens with zero attached hydrogens (tertiary/aromatic N) is 2. The number of pyridine rings is 1. The lowest BCUT2D eigenvalue weighted by atomic mass is 9.83. The molecule has 7 nitrogen and oxygen atoms in total. The Morgan fingerprint density at radius 2 is 1.84 bits per heavy atom. The fraction of sp³-hybridized carbons (Fsp3) is 0.462. The van der Waals surface area contributed by atoms with Gasteiger partial charge in [0.25, 0.3) is 11.8 Å². The number of ether oxygens (including phenoxy) is 1. The summed E-state index contributed by atoms with van der Waals surface area (Å²) in [7, 11) is 0. The van der Waals surface area contributed by atoms with E-state index in [1.807, 2.05) is 12.2 Å². The molecule has 5 rings (SSSR count). The molecule has 12 heteroatoms. The first-order valence-electron chi connectivity index (χ1n) is 12.2. The molecule has 3 aliphatic rings. The molecule has 1 aliphatic heterocycles. The van der Waals surface area contributed by atoms with E-state index in [0.29, 0.717) is 31.5 Å². The second-order valence-corrected chi connectivity index (χ2v) is 10.9.